The molecule has 1 aromatic carbocycles. The van der Waals surface area contributed by atoms with Gasteiger partial charge in [0.2, 0.25) is 5.75 Å². The molecule has 0 N–H and O–H groups in total. The molecule has 4 rings (SSSR count). The SMILES string of the molecule is COc1cc([C@@H]2c3c(n(C)c(=O)n(C)c3=O)N=C3CC(C)(C)CC(=O)C32)cc(OC)c1OC. The average Bonchev–Trinajstić information content (AvgIpc) is 2.78. The van der Waals surface area contributed by atoms with E-state index in [1.165, 1.54) is 32.9 Å². The minimum Gasteiger partial charge on any atom is -0.493 e. The van der Waals surface area contributed by atoms with Crippen molar-refractivity contribution in [3.63, 3.8) is 0 Å². The number of hydrogen-bond donors (Lipinski definition) is 0. The van der Waals surface area contributed by atoms with Gasteiger partial charge in [-0.3, -0.25) is 18.7 Å². The van der Waals surface area contributed by atoms with Gasteiger partial charge >= 0.3 is 5.69 Å². The van der Waals surface area contributed by atoms with Crippen molar-refractivity contribution in [2.24, 2.45) is 30.4 Å². The lowest BCUT2D eigenvalue weighted by molar-refractivity contribution is -0.124. The molecule has 0 spiro atoms. The zero-order chi connectivity index (χ0) is 24.2. The Morgan fingerprint density at radius 2 is 1.52 bits per heavy atom. The zero-order valence-electron chi connectivity index (χ0n) is 20.0. The molecule has 1 unspecified atom stereocenters. The van der Waals surface area contributed by atoms with Gasteiger partial charge in [0.1, 0.15) is 11.6 Å². The zero-order valence-corrected chi connectivity index (χ0v) is 20.0. The summed E-state index contributed by atoms with van der Waals surface area (Å²) in [5.74, 6) is 0.307. The van der Waals surface area contributed by atoms with Gasteiger partial charge < -0.3 is 14.2 Å². The number of Topliss-reactive ketones (excluding diaryl/α,β-unsaturated/α-hetero) is 1. The van der Waals surface area contributed by atoms with Crippen molar-refractivity contribution in [3.05, 3.63) is 44.1 Å². The van der Waals surface area contributed by atoms with Crippen molar-refractivity contribution < 1.29 is 19.0 Å². The highest BCUT2D eigenvalue weighted by molar-refractivity contribution is 6.11. The monoisotopic (exact) mass is 455 g/mol. The fourth-order valence-electron chi connectivity index (χ4n) is 5.13. The van der Waals surface area contributed by atoms with E-state index >= 15 is 0 Å². The number of aliphatic imine (C=N–C) groups is 1. The Morgan fingerprint density at radius 3 is 2.06 bits per heavy atom. The molecule has 1 fully saturated rings. The number of fused-ring (bicyclic) bond motifs is 2. The van der Waals surface area contributed by atoms with Crippen molar-refractivity contribution in [1.29, 1.82) is 0 Å². The van der Waals surface area contributed by atoms with Gasteiger partial charge in [-0.1, -0.05) is 13.8 Å². The fourth-order valence-corrected chi connectivity index (χ4v) is 5.13. The van der Waals surface area contributed by atoms with Crippen LogP contribution in [-0.2, 0) is 18.9 Å². The van der Waals surface area contributed by atoms with Crippen LogP contribution in [0.2, 0.25) is 0 Å². The summed E-state index contributed by atoms with van der Waals surface area (Å²) < 4.78 is 18.9. The maximum Gasteiger partial charge on any atom is 0.332 e. The molecule has 176 valence electrons. The largest absolute Gasteiger partial charge is 0.493 e. The highest BCUT2D eigenvalue weighted by Gasteiger charge is 2.47. The fraction of sp³-hybridized carbons (Fsp3) is 0.500. The number of benzene rings is 1. The van der Waals surface area contributed by atoms with Gasteiger partial charge in [0.05, 0.1) is 32.8 Å². The van der Waals surface area contributed by atoms with Crippen LogP contribution >= 0.6 is 0 Å². The summed E-state index contributed by atoms with van der Waals surface area (Å²) >= 11 is 0. The summed E-state index contributed by atoms with van der Waals surface area (Å²) in [7, 11) is 7.56. The first kappa shape index (κ1) is 22.8. The van der Waals surface area contributed by atoms with Crippen LogP contribution in [0.15, 0.2) is 26.7 Å². The van der Waals surface area contributed by atoms with Crippen LogP contribution < -0.4 is 25.5 Å². The van der Waals surface area contributed by atoms with Gasteiger partial charge in [-0.15, -0.1) is 0 Å². The second-order valence-corrected chi connectivity index (χ2v) is 9.44. The van der Waals surface area contributed by atoms with Crippen LogP contribution in [-0.4, -0.2) is 42.0 Å². The number of rotatable bonds is 4. The molecule has 2 heterocycles. The molecule has 9 nitrogen and oxygen atoms in total. The average molecular weight is 456 g/mol. The van der Waals surface area contributed by atoms with Crippen LogP contribution in [0.5, 0.6) is 17.2 Å². The molecule has 2 aromatic rings. The molecule has 9 heteroatoms. The van der Waals surface area contributed by atoms with E-state index in [0.717, 1.165) is 4.57 Å². The standard InChI is InChI=1S/C24H29N3O6/c1-24(2)10-13-18(14(28)11-24)17(12-8-15(31-5)20(33-7)16(9-12)32-6)19-21(25-13)26(3)23(30)27(4)22(19)29/h8-9,17-18H,10-11H2,1-7H3/t17-,18?/m0/s1. The van der Waals surface area contributed by atoms with E-state index in [2.05, 4.69) is 0 Å². The lowest BCUT2D eigenvalue weighted by Crippen LogP contribution is -2.47. The molecule has 2 aliphatic rings. The lowest BCUT2D eigenvalue weighted by Gasteiger charge is -2.41. The Bertz CT molecular complexity index is 1280. The number of methoxy groups -OCH3 is 3. The van der Waals surface area contributed by atoms with Gasteiger partial charge in [0.25, 0.3) is 5.56 Å². The van der Waals surface area contributed by atoms with Crippen molar-refractivity contribution in [2.45, 2.75) is 32.6 Å². The Labute approximate surface area is 191 Å². The summed E-state index contributed by atoms with van der Waals surface area (Å²) in [4.78, 5) is 44.3. The number of ether oxygens (including phenoxy) is 3. The van der Waals surface area contributed by atoms with E-state index in [4.69, 9.17) is 19.2 Å². The van der Waals surface area contributed by atoms with Crippen LogP contribution in [0.25, 0.3) is 0 Å². The van der Waals surface area contributed by atoms with Crippen LogP contribution in [0.1, 0.15) is 43.7 Å². The maximum absolute atomic E-state index is 13.5. The van der Waals surface area contributed by atoms with Crippen molar-refractivity contribution in [2.75, 3.05) is 21.3 Å². The van der Waals surface area contributed by atoms with Crippen LogP contribution in [0.4, 0.5) is 5.82 Å². The van der Waals surface area contributed by atoms with Gasteiger partial charge in [-0.25, -0.2) is 9.79 Å². The molecule has 0 radical (unpaired) electrons. The van der Waals surface area contributed by atoms with E-state index in [1.807, 2.05) is 13.8 Å². The summed E-state index contributed by atoms with van der Waals surface area (Å²) in [5, 5.41) is 0. The number of hydrogen-bond acceptors (Lipinski definition) is 7. The number of nitrogens with zero attached hydrogens (tertiary/aromatic N) is 3. The van der Waals surface area contributed by atoms with Crippen molar-refractivity contribution in [3.8, 4) is 17.2 Å². The predicted molar refractivity (Wildman–Crippen MR) is 123 cm³/mol. The minimum absolute atomic E-state index is 0.0188. The van der Waals surface area contributed by atoms with E-state index < -0.39 is 23.1 Å². The third-order valence-corrected chi connectivity index (χ3v) is 6.63. The smallest absolute Gasteiger partial charge is 0.332 e. The molecular weight excluding hydrogens is 426 g/mol. The normalized spacial score (nSPS) is 21.1. The molecule has 1 saturated carbocycles. The van der Waals surface area contributed by atoms with Crippen molar-refractivity contribution in [1.82, 2.24) is 9.13 Å². The van der Waals surface area contributed by atoms with E-state index in [0.29, 0.717) is 52.7 Å². The Morgan fingerprint density at radius 1 is 0.909 bits per heavy atom. The van der Waals surface area contributed by atoms with Gasteiger partial charge in [-0.2, -0.15) is 0 Å². The Kier molecular flexibility index (Phi) is 5.46. The predicted octanol–water partition coefficient (Wildman–Crippen LogP) is 2.33. The lowest BCUT2D eigenvalue weighted by atomic mass is 9.64. The molecule has 1 aliphatic carbocycles. The molecular formula is C24H29N3O6. The Hall–Kier alpha value is -3.36. The summed E-state index contributed by atoms with van der Waals surface area (Å²) in [5.41, 5.74) is 0.467. The third kappa shape index (κ3) is 3.46. The van der Waals surface area contributed by atoms with Crippen molar-refractivity contribution >= 4 is 17.3 Å². The first-order chi connectivity index (χ1) is 15.5. The van der Waals surface area contributed by atoms with E-state index in [-0.39, 0.29) is 11.2 Å². The first-order valence-corrected chi connectivity index (χ1v) is 10.7. The summed E-state index contributed by atoms with van der Waals surface area (Å²) in [6, 6.07) is 3.52. The Balaban J connectivity index is 2.09. The molecule has 1 aliphatic heterocycles. The highest BCUT2D eigenvalue weighted by atomic mass is 16.5. The molecule has 0 saturated heterocycles. The number of carbonyl (C=O) groups is 1. The number of carbonyl (C=O) groups excluding carboxylic acids is 1. The number of ketones is 1. The molecule has 2 atom stereocenters. The van der Waals surface area contributed by atoms with Gasteiger partial charge in [0.15, 0.2) is 11.5 Å². The summed E-state index contributed by atoms with van der Waals surface area (Å²) in [6.45, 7) is 4.05. The maximum atomic E-state index is 13.5. The third-order valence-electron chi connectivity index (χ3n) is 6.63. The second-order valence-electron chi connectivity index (χ2n) is 9.44. The molecule has 33 heavy (non-hydrogen) atoms. The van der Waals surface area contributed by atoms with Crippen LogP contribution in [0.3, 0.4) is 0 Å². The minimum atomic E-state index is -0.643. The quantitative estimate of drug-likeness (QED) is 0.701. The van der Waals surface area contributed by atoms with E-state index in [9.17, 15) is 14.4 Å². The highest BCUT2D eigenvalue weighted by Crippen LogP contribution is 2.50. The van der Waals surface area contributed by atoms with Gasteiger partial charge in [-0.05, 0) is 29.5 Å². The summed E-state index contributed by atoms with van der Waals surface area (Å²) in [6.07, 6.45) is 0.964. The molecule has 0 bridgehead atoms. The molecule has 1 aromatic heterocycles. The van der Waals surface area contributed by atoms with Crippen LogP contribution in [0, 0.1) is 11.3 Å². The second kappa shape index (κ2) is 7.90. The van der Waals surface area contributed by atoms with E-state index in [1.54, 1.807) is 19.2 Å². The first-order valence-electron chi connectivity index (χ1n) is 10.7. The molecule has 0 amide bonds. The topological polar surface area (TPSA) is 101 Å². The number of aromatic nitrogens is 2. The van der Waals surface area contributed by atoms with Gasteiger partial charge in [0, 0.05) is 32.1 Å².